The summed E-state index contributed by atoms with van der Waals surface area (Å²) in [6.07, 6.45) is 3.87. The number of carbonyl (C=O) groups is 1. The zero-order chi connectivity index (χ0) is 21.0. The number of nitrogens with zero attached hydrogens (tertiary/aromatic N) is 2. The maximum atomic E-state index is 12.2. The molecule has 2 heterocycles. The van der Waals surface area contributed by atoms with Crippen molar-refractivity contribution in [3.63, 3.8) is 0 Å². The first-order valence-electron chi connectivity index (χ1n) is 9.93. The molecule has 0 atom stereocenters. The van der Waals surface area contributed by atoms with Gasteiger partial charge in [0.05, 0.1) is 30.9 Å². The number of aromatic amines is 1. The normalized spacial score (nSPS) is 15.4. The molecule has 1 aromatic carbocycles. The van der Waals surface area contributed by atoms with Crippen molar-refractivity contribution in [3.8, 4) is 11.5 Å². The number of H-pyrrole nitrogens is 1. The summed E-state index contributed by atoms with van der Waals surface area (Å²) in [5, 5.41) is 0.464. The number of hydrogen-bond acceptors (Lipinski definition) is 6. The van der Waals surface area contributed by atoms with Gasteiger partial charge in [0.2, 0.25) is 0 Å². The van der Waals surface area contributed by atoms with Crippen LogP contribution in [0.2, 0.25) is 0 Å². The smallest absolute Gasteiger partial charge is 0.410 e. The predicted octanol–water partition coefficient (Wildman–Crippen LogP) is 3.35. The maximum Gasteiger partial charge on any atom is 0.410 e. The number of benzene rings is 1. The summed E-state index contributed by atoms with van der Waals surface area (Å²) < 4.78 is 16.7. The Hall–Kier alpha value is -2.77. The Morgan fingerprint density at radius 1 is 1.24 bits per heavy atom. The summed E-state index contributed by atoms with van der Waals surface area (Å²) in [7, 11) is 1.55. The van der Waals surface area contributed by atoms with Gasteiger partial charge in [0.25, 0.3) is 5.56 Å². The second-order valence-corrected chi connectivity index (χ2v) is 8.30. The molecule has 158 valence electrons. The highest BCUT2D eigenvalue weighted by Crippen LogP contribution is 2.31. The highest BCUT2D eigenvalue weighted by Gasteiger charge is 2.26. The average Bonchev–Trinajstić information content (AvgIpc) is 2.67. The van der Waals surface area contributed by atoms with E-state index in [-0.39, 0.29) is 11.7 Å². The van der Waals surface area contributed by atoms with E-state index in [4.69, 9.17) is 14.2 Å². The lowest BCUT2D eigenvalue weighted by Gasteiger charge is -2.33. The molecule has 0 radical (unpaired) electrons. The topological polar surface area (TPSA) is 93.8 Å². The molecule has 8 nitrogen and oxygen atoms in total. The third kappa shape index (κ3) is 5.40. The minimum Gasteiger partial charge on any atom is -0.493 e. The molecule has 1 N–H and O–H groups in total. The molecule has 0 unspecified atom stereocenters. The van der Waals surface area contributed by atoms with Crippen LogP contribution < -0.4 is 15.0 Å². The van der Waals surface area contributed by atoms with E-state index in [9.17, 15) is 9.59 Å². The Morgan fingerprint density at radius 2 is 1.97 bits per heavy atom. The van der Waals surface area contributed by atoms with Gasteiger partial charge in [-0.05, 0) is 52.0 Å². The zero-order valence-corrected chi connectivity index (χ0v) is 17.5. The van der Waals surface area contributed by atoms with Crippen molar-refractivity contribution >= 4 is 17.0 Å². The van der Waals surface area contributed by atoms with Crippen molar-refractivity contribution in [3.05, 3.63) is 28.8 Å². The molecule has 1 amide bonds. The van der Waals surface area contributed by atoms with Gasteiger partial charge in [-0.2, -0.15) is 0 Å². The Balaban J connectivity index is 1.52. The van der Waals surface area contributed by atoms with Crippen molar-refractivity contribution < 1.29 is 19.0 Å². The van der Waals surface area contributed by atoms with Crippen LogP contribution in [0.25, 0.3) is 10.9 Å². The van der Waals surface area contributed by atoms with E-state index in [1.54, 1.807) is 24.1 Å². The van der Waals surface area contributed by atoms with Gasteiger partial charge in [0.1, 0.15) is 5.60 Å². The zero-order valence-electron chi connectivity index (χ0n) is 17.5. The lowest BCUT2D eigenvalue weighted by atomic mass is 9.94. The molecule has 29 heavy (non-hydrogen) atoms. The Morgan fingerprint density at radius 3 is 2.62 bits per heavy atom. The molecule has 1 fully saturated rings. The summed E-state index contributed by atoms with van der Waals surface area (Å²) in [6.45, 7) is 7.56. The highest BCUT2D eigenvalue weighted by molar-refractivity contribution is 5.81. The van der Waals surface area contributed by atoms with Gasteiger partial charge in [0.15, 0.2) is 11.5 Å². The standard InChI is InChI=1S/C21H29N3O5/c1-21(2,3)29-20(26)24-8-5-14(6-9-24)7-10-28-18-12-16-15(11-17(18)27-4)19(25)23-13-22-16/h11-14H,5-10H2,1-4H3,(H,22,23,25). The molecular weight excluding hydrogens is 374 g/mol. The summed E-state index contributed by atoms with van der Waals surface area (Å²) >= 11 is 0. The number of likely N-dealkylation sites (tertiary alicyclic amines) is 1. The fraction of sp³-hybridized carbons (Fsp3) is 0.571. The number of amides is 1. The lowest BCUT2D eigenvalue weighted by Crippen LogP contribution is -2.41. The van der Waals surface area contributed by atoms with Crippen molar-refractivity contribution in [2.24, 2.45) is 5.92 Å². The van der Waals surface area contributed by atoms with Crippen molar-refractivity contribution in [2.75, 3.05) is 26.8 Å². The second-order valence-electron chi connectivity index (χ2n) is 8.30. The van der Waals surface area contributed by atoms with Gasteiger partial charge in [-0.15, -0.1) is 0 Å². The fourth-order valence-corrected chi connectivity index (χ4v) is 3.41. The largest absolute Gasteiger partial charge is 0.493 e. The Kier molecular flexibility index (Phi) is 6.30. The lowest BCUT2D eigenvalue weighted by molar-refractivity contribution is 0.0177. The van der Waals surface area contributed by atoms with Crippen LogP contribution in [0.1, 0.15) is 40.0 Å². The number of carbonyl (C=O) groups excluding carboxylic acids is 1. The molecule has 0 saturated carbocycles. The molecule has 0 bridgehead atoms. The summed E-state index contributed by atoms with van der Waals surface area (Å²) in [4.78, 5) is 32.6. The molecule has 0 spiro atoms. The van der Waals surface area contributed by atoms with Crippen LogP contribution in [0, 0.1) is 5.92 Å². The van der Waals surface area contributed by atoms with E-state index in [0.29, 0.717) is 48.0 Å². The molecule has 1 aromatic heterocycles. The fourth-order valence-electron chi connectivity index (χ4n) is 3.41. The molecule has 2 aromatic rings. The van der Waals surface area contributed by atoms with E-state index in [1.807, 2.05) is 20.8 Å². The molecular formula is C21H29N3O5. The summed E-state index contributed by atoms with van der Waals surface area (Å²) in [5.74, 6) is 1.57. The molecule has 1 aliphatic rings. The monoisotopic (exact) mass is 403 g/mol. The second kappa shape index (κ2) is 8.71. The quantitative estimate of drug-likeness (QED) is 0.823. The van der Waals surface area contributed by atoms with Crippen molar-refractivity contribution in [2.45, 2.75) is 45.6 Å². The third-order valence-corrected chi connectivity index (χ3v) is 4.98. The van der Waals surface area contributed by atoms with E-state index in [0.717, 1.165) is 19.3 Å². The van der Waals surface area contributed by atoms with Crippen LogP contribution in [0.3, 0.4) is 0 Å². The minimum atomic E-state index is -0.472. The third-order valence-electron chi connectivity index (χ3n) is 4.98. The van der Waals surface area contributed by atoms with E-state index in [2.05, 4.69) is 9.97 Å². The number of aromatic nitrogens is 2. The highest BCUT2D eigenvalue weighted by atomic mass is 16.6. The predicted molar refractivity (Wildman–Crippen MR) is 110 cm³/mol. The summed E-state index contributed by atoms with van der Waals surface area (Å²) in [5.41, 5.74) is -0.118. The number of fused-ring (bicyclic) bond motifs is 1. The number of hydrogen-bond donors (Lipinski definition) is 1. The van der Waals surface area contributed by atoms with Gasteiger partial charge in [-0.25, -0.2) is 9.78 Å². The van der Waals surface area contributed by atoms with Gasteiger partial charge in [-0.3, -0.25) is 4.79 Å². The van der Waals surface area contributed by atoms with Crippen LogP contribution >= 0.6 is 0 Å². The first-order chi connectivity index (χ1) is 13.8. The first-order valence-corrected chi connectivity index (χ1v) is 9.93. The molecule has 1 aliphatic heterocycles. The molecule has 1 saturated heterocycles. The molecule has 3 rings (SSSR count). The van der Waals surface area contributed by atoms with Gasteiger partial charge < -0.3 is 24.1 Å². The van der Waals surface area contributed by atoms with Crippen molar-refractivity contribution in [1.82, 2.24) is 14.9 Å². The van der Waals surface area contributed by atoms with Gasteiger partial charge in [0, 0.05) is 19.2 Å². The Labute approximate surface area is 170 Å². The Bertz CT molecular complexity index is 911. The van der Waals surface area contributed by atoms with Crippen molar-refractivity contribution in [1.29, 1.82) is 0 Å². The van der Waals surface area contributed by atoms with Crippen LogP contribution in [0.4, 0.5) is 4.79 Å². The number of rotatable bonds is 5. The number of methoxy groups -OCH3 is 1. The van der Waals surface area contributed by atoms with E-state index >= 15 is 0 Å². The summed E-state index contributed by atoms with van der Waals surface area (Å²) in [6, 6.07) is 3.38. The number of nitrogens with one attached hydrogen (secondary N) is 1. The van der Waals surface area contributed by atoms with Gasteiger partial charge >= 0.3 is 6.09 Å². The van der Waals surface area contributed by atoms with E-state index in [1.165, 1.54) is 6.33 Å². The van der Waals surface area contributed by atoms with Crippen LogP contribution in [0.5, 0.6) is 11.5 Å². The van der Waals surface area contributed by atoms with Crippen LogP contribution in [-0.2, 0) is 4.74 Å². The molecule has 0 aliphatic carbocycles. The van der Waals surface area contributed by atoms with E-state index < -0.39 is 5.60 Å². The SMILES string of the molecule is COc1cc2c(=O)[nH]cnc2cc1OCCC1CCN(C(=O)OC(C)(C)C)CC1. The van der Waals surface area contributed by atoms with Crippen LogP contribution in [0.15, 0.2) is 23.3 Å². The number of piperidine rings is 1. The van der Waals surface area contributed by atoms with Crippen LogP contribution in [-0.4, -0.2) is 53.4 Å². The molecule has 8 heteroatoms. The average molecular weight is 403 g/mol. The minimum absolute atomic E-state index is 0.211. The maximum absolute atomic E-state index is 12.2. The number of ether oxygens (including phenoxy) is 3. The first kappa shape index (κ1) is 21.0. The van der Waals surface area contributed by atoms with Gasteiger partial charge in [-0.1, -0.05) is 0 Å².